The number of nitrogens with one attached hydrogen (secondary N) is 2. The van der Waals surface area contributed by atoms with Gasteiger partial charge in [-0.05, 0) is 6.07 Å². The molecule has 1 aliphatic rings. The fourth-order valence-electron chi connectivity index (χ4n) is 1.55. The van der Waals surface area contributed by atoms with Gasteiger partial charge >= 0.3 is 0 Å². The second kappa shape index (κ2) is 3.22. The number of rotatable bonds is 1. The molecule has 2 heterocycles. The van der Waals surface area contributed by atoms with E-state index >= 15 is 0 Å². The van der Waals surface area contributed by atoms with E-state index in [-0.39, 0.29) is 11.9 Å². The summed E-state index contributed by atoms with van der Waals surface area (Å²) >= 11 is 0. The summed E-state index contributed by atoms with van der Waals surface area (Å²) in [6.45, 7) is 0.712. The lowest BCUT2D eigenvalue weighted by atomic mass is 10.0. The van der Waals surface area contributed by atoms with Crippen LogP contribution >= 0.6 is 0 Å². The molecule has 1 unspecified atom stereocenters. The number of amides is 1. The van der Waals surface area contributed by atoms with Crippen molar-refractivity contribution >= 4 is 5.91 Å². The minimum Gasteiger partial charge on any atom is -0.469 e. The van der Waals surface area contributed by atoms with E-state index in [0.29, 0.717) is 13.0 Å². The standard InChI is InChI=1S/C9H12N2O2/c1-10-9(12)7-4-8-6(5-11-7)2-3-13-8/h2-3,7,11H,4-5H2,1H3,(H,10,12). The maximum atomic E-state index is 11.3. The van der Waals surface area contributed by atoms with Gasteiger partial charge in [0, 0.05) is 25.6 Å². The summed E-state index contributed by atoms with van der Waals surface area (Å²) < 4.78 is 5.26. The van der Waals surface area contributed by atoms with Gasteiger partial charge in [-0.2, -0.15) is 0 Å². The van der Waals surface area contributed by atoms with Crippen LogP contribution in [0, 0.1) is 0 Å². The third-order valence-corrected chi connectivity index (χ3v) is 2.33. The Balaban J connectivity index is 2.13. The van der Waals surface area contributed by atoms with Crippen LogP contribution in [0.2, 0.25) is 0 Å². The zero-order valence-corrected chi connectivity index (χ0v) is 7.46. The average Bonchev–Trinajstić information content (AvgIpc) is 2.63. The Morgan fingerprint density at radius 3 is 3.38 bits per heavy atom. The maximum absolute atomic E-state index is 11.3. The highest BCUT2D eigenvalue weighted by molar-refractivity contribution is 5.81. The van der Waals surface area contributed by atoms with E-state index < -0.39 is 0 Å². The topological polar surface area (TPSA) is 54.3 Å². The van der Waals surface area contributed by atoms with Crippen LogP contribution in [-0.4, -0.2) is 19.0 Å². The highest BCUT2D eigenvalue weighted by atomic mass is 16.3. The maximum Gasteiger partial charge on any atom is 0.237 e. The highest BCUT2D eigenvalue weighted by Crippen LogP contribution is 2.17. The predicted molar refractivity (Wildman–Crippen MR) is 47.1 cm³/mol. The van der Waals surface area contributed by atoms with Gasteiger partial charge in [-0.15, -0.1) is 0 Å². The molecule has 1 aromatic heterocycles. The molecule has 0 bridgehead atoms. The van der Waals surface area contributed by atoms with Gasteiger partial charge in [-0.1, -0.05) is 0 Å². The van der Waals surface area contributed by atoms with Crippen LogP contribution in [0.25, 0.3) is 0 Å². The number of carbonyl (C=O) groups is 1. The van der Waals surface area contributed by atoms with Crippen molar-refractivity contribution in [1.82, 2.24) is 10.6 Å². The van der Waals surface area contributed by atoms with Crippen LogP contribution in [-0.2, 0) is 17.8 Å². The monoisotopic (exact) mass is 180 g/mol. The third kappa shape index (κ3) is 1.45. The zero-order chi connectivity index (χ0) is 9.26. The van der Waals surface area contributed by atoms with E-state index in [2.05, 4.69) is 10.6 Å². The Morgan fingerprint density at radius 1 is 1.77 bits per heavy atom. The minimum atomic E-state index is -0.149. The normalized spacial score (nSPS) is 20.8. The molecule has 0 spiro atoms. The van der Waals surface area contributed by atoms with Gasteiger partial charge in [0.05, 0.1) is 12.3 Å². The fraction of sp³-hybridized carbons (Fsp3) is 0.444. The summed E-state index contributed by atoms with van der Waals surface area (Å²) in [4.78, 5) is 11.3. The first-order chi connectivity index (χ1) is 6.31. The molecule has 2 rings (SSSR count). The van der Waals surface area contributed by atoms with E-state index in [1.54, 1.807) is 13.3 Å². The van der Waals surface area contributed by atoms with E-state index in [9.17, 15) is 4.79 Å². The number of fused-ring (bicyclic) bond motifs is 1. The summed E-state index contributed by atoms with van der Waals surface area (Å²) in [6.07, 6.45) is 2.31. The van der Waals surface area contributed by atoms with Gasteiger partial charge in [-0.25, -0.2) is 0 Å². The molecular formula is C9H12N2O2. The SMILES string of the molecule is CNC(=O)C1Cc2occc2CN1. The molecule has 1 amide bonds. The van der Waals surface area contributed by atoms with E-state index in [4.69, 9.17) is 4.42 Å². The zero-order valence-electron chi connectivity index (χ0n) is 7.46. The Bertz CT molecular complexity index is 319. The van der Waals surface area contributed by atoms with Crippen molar-refractivity contribution in [2.45, 2.75) is 19.0 Å². The highest BCUT2D eigenvalue weighted by Gasteiger charge is 2.24. The first kappa shape index (κ1) is 8.31. The van der Waals surface area contributed by atoms with E-state index in [1.807, 2.05) is 6.07 Å². The number of carbonyl (C=O) groups excluding carboxylic acids is 1. The number of hydrogen-bond acceptors (Lipinski definition) is 3. The molecule has 70 valence electrons. The van der Waals surface area contributed by atoms with Crippen molar-refractivity contribution in [3.05, 3.63) is 23.7 Å². The van der Waals surface area contributed by atoms with Gasteiger partial charge in [0.25, 0.3) is 0 Å². The third-order valence-electron chi connectivity index (χ3n) is 2.33. The summed E-state index contributed by atoms with van der Waals surface area (Å²) in [7, 11) is 1.64. The molecule has 0 saturated heterocycles. The van der Waals surface area contributed by atoms with Crippen molar-refractivity contribution < 1.29 is 9.21 Å². The molecule has 1 atom stereocenters. The lowest BCUT2D eigenvalue weighted by molar-refractivity contribution is -0.122. The van der Waals surface area contributed by atoms with Crippen LogP contribution in [0.4, 0.5) is 0 Å². The molecule has 0 saturated carbocycles. The van der Waals surface area contributed by atoms with Gasteiger partial charge < -0.3 is 15.1 Å². The van der Waals surface area contributed by atoms with E-state index in [1.165, 1.54) is 0 Å². The second-order valence-corrected chi connectivity index (χ2v) is 3.12. The predicted octanol–water partition coefficient (Wildman–Crippen LogP) is 0.0399. The Morgan fingerprint density at radius 2 is 2.62 bits per heavy atom. The lowest BCUT2D eigenvalue weighted by Crippen LogP contribution is -2.46. The molecule has 0 aliphatic carbocycles. The molecule has 0 radical (unpaired) electrons. The van der Waals surface area contributed by atoms with Gasteiger partial charge in [0.15, 0.2) is 0 Å². The smallest absolute Gasteiger partial charge is 0.237 e. The first-order valence-electron chi connectivity index (χ1n) is 4.31. The van der Waals surface area contributed by atoms with Crippen molar-refractivity contribution in [3.63, 3.8) is 0 Å². The number of likely N-dealkylation sites (N-methyl/N-ethyl adjacent to an activating group) is 1. The average molecular weight is 180 g/mol. The van der Waals surface area contributed by atoms with Crippen LogP contribution in [0.5, 0.6) is 0 Å². The Kier molecular flexibility index (Phi) is 2.06. The lowest BCUT2D eigenvalue weighted by Gasteiger charge is -2.21. The summed E-state index contributed by atoms with van der Waals surface area (Å²) in [5.41, 5.74) is 1.15. The van der Waals surface area contributed by atoms with Crippen molar-refractivity contribution in [2.75, 3.05) is 7.05 Å². The van der Waals surface area contributed by atoms with Crippen LogP contribution in [0.1, 0.15) is 11.3 Å². The second-order valence-electron chi connectivity index (χ2n) is 3.12. The summed E-state index contributed by atoms with van der Waals surface area (Å²) in [5.74, 6) is 0.939. The van der Waals surface area contributed by atoms with Gasteiger partial charge in [0.1, 0.15) is 5.76 Å². The largest absolute Gasteiger partial charge is 0.469 e. The van der Waals surface area contributed by atoms with Crippen LogP contribution < -0.4 is 10.6 Å². The Hall–Kier alpha value is -1.29. The summed E-state index contributed by atoms with van der Waals surface area (Å²) in [6, 6.07) is 1.78. The van der Waals surface area contributed by atoms with Gasteiger partial charge in [-0.3, -0.25) is 4.79 Å². The molecule has 2 N–H and O–H groups in total. The van der Waals surface area contributed by atoms with Crippen LogP contribution in [0.3, 0.4) is 0 Å². The van der Waals surface area contributed by atoms with Crippen molar-refractivity contribution in [1.29, 1.82) is 0 Å². The fourth-order valence-corrected chi connectivity index (χ4v) is 1.55. The number of furan rings is 1. The van der Waals surface area contributed by atoms with Crippen molar-refractivity contribution in [2.24, 2.45) is 0 Å². The van der Waals surface area contributed by atoms with Crippen molar-refractivity contribution in [3.8, 4) is 0 Å². The Labute approximate surface area is 76.3 Å². The van der Waals surface area contributed by atoms with Gasteiger partial charge in [0.2, 0.25) is 5.91 Å². The molecule has 13 heavy (non-hydrogen) atoms. The summed E-state index contributed by atoms with van der Waals surface area (Å²) in [5, 5.41) is 5.75. The molecule has 4 nitrogen and oxygen atoms in total. The van der Waals surface area contributed by atoms with E-state index in [0.717, 1.165) is 11.3 Å². The minimum absolute atomic E-state index is 0.0158. The quantitative estimate of drug-likeness (QED) is 0.641. The first-order valence-corrected chi connectivity index (χ1v) is 4.31. The number of hydrogen-bond donors (Lipinski definition) is 2. The molecule has 1 aliphatic heterocycles. The molecule has 0 aromatic carbocycles. The molecule has 0 fully saturated rings. The molecular weight excluding hydrogens is 168 g/mol. The van der Waals surface area contributed by atoms with Crippen LogP contribution in [0.15, 0.2) is 16.7 Å². The molecule has 4 heteroatoms. The molecule has 1 aromatic rings.